The molecule has 1 aliphatic carbocycles. The van der Waals surface area contributed by atoms with E-state index < -0.39 is 5.54 Å². The van der Waals surface area contributed by atoms with E-state index in [0.717, 1.165) is 31.2 Å². The highest BCUT2D eigenvalue weighted by molar-refractivity contribution is 5.66. The van der Waals surface area contributed by atoms with Gasteiger partial charge < -0.3 is 15.2 Å². The zero-order valence-electron chi connectivity index (χ0n) is 12.9. The quantitative estimate of drug-likeness (QED) is 0.847. The fourth-order valence-electron chi connectivity index (χ4n) is 3.02. The van der Waals surface area contributed by atoms with E-state index in [9.17, 15) is 4.79 Å². The van der Waals surface area contributed by atoms with E-state index in [1.807, 2.05) is 37.3 Å². The summed E-state index contributed by atoms with van der Waals surface area (Å²) >= 11 is 0. The van der Waals surface area contributed by atoms with Crippen LogP contribution in [0.15, 0.2) is 30.3 Å². The van der Waals surface area contributed by atoms with Gasteiger partial charge in [0, 0.05) is 6.92 Å². The van der Waals surface area contributed by atoms with Crippen molar-refractivity contribution in [1.82, 2.24) is 0 Å². The van der Waals surface area contributed by atoms with E-state index in [1.165, 1.54) is 6.92 Å². The van der Waals surface area contributed by atoms with Crippen molar-refractivity contribution < 1.29 is 14.3 Å². The van der Waals surface area contributed by atoms with Gasteiger partial charge in [-0.05, 0) is 25.3 Å². The predicted molar refractivity (Wildman–Crippen MR) is 81.6 cm³/mol. The molecule has 1 saturated carbocycles. The summed E-state index contributed by atoms with van der Waals surface area (Å²) in [6.07, 6.45) is 3.46. The third-order valence-corrected chi connectivity index (χ3v) is 4.32. The topological polar surface area (TPSA) is 61.5 Å². The molecule has 2 rings (SSSR count). The minimum atomic E-state index is -0.599. The Labute approximate surface area is 126 Å². The molecule has 2 N–H and O–H groups in total. The lowest BCUT2D eigenvalue weighted by Crippen LogP contribution is -2.61. The zero-order valence-corrected chi connectivity index (χ0v) is 12.9. The van der Waals surface area contributed by atoms with E-state index in [4.69, 9.17) is 15.2 Å². The van der Waals surface area contributed by atoms with Crippen molar-refractivity contribution in [3.63, 3.8) is 0 Å². The molecule has 4 nitrogen and oxygen atoms in total. The molecule has 0 aromatic heterocycles. The highest BCUT2D eigenvalue weighted by Crippen LogP contribution is 2.33. The van der Waals surface area contributed by atoms with Gasteiger partial charge >= 0.3 is 5.97 Å². The van der Waals surface area contributed by atoms with Gasteiger partial charge in [0.2, 0.25) is 0 Å². The Balaban J connectivity index is 2.02. The molecular weight excluding hydrogens is 266 g/mol. The number of esters is 1. The first kappa shape index (κ1) is 16.0. The number of ether oxygens (including phenoxy) is 2. The molecule has 3 unspecified atom stereocenters. The molecule has 0 bridgehead atoms. The molecule has 0 amide bonds. The van der Waals surface area contributed by atoms with Gasteiger partial charge in [-0.25, -0.2) is 0 Å². The number of carbonyl (C=O) groups is 1. The third-order valence-electron chi connectivity index (χ3n) is 4.32. The highest BCUT2D eigenvalue weighted by atomic mass is 16.5. The Morgan fingerprint density at radius 1 is 1.38 bits per heavy atom. The van der Waals surface area contributed by atoms with Crippen LogP contribution in [-0.4, -0.2) is 23.7 Å². The SMILES string of the molecule is CC(=O)OC(C)C1(N)CCCCC1OCc1ccccc1. The van der Waals surface area contributed by atoms with Crippen LogP contribution in [0, 0.1) is 0 Å². The summed E-state index contributed by atoms with van der Waals surface area (Å²) < 4.78 is 11.4. The number of hydrogen-bond acceptors (Lipinski definition) is 4. The largest absolute Gasteiger partial charge is 0.461 e. The second-order valence-electron chi connectivity index (χ2n) is 5.90. The maximum atomic E-state index is 11.2. The summed E-state index contributed by atoms with van der Waals surface area (Å²) in [4.78, 5) is 11.2. The summed E-state index contributed by atoms with van der Waals surface area (Å²) in [7, 11) is 0. The zero-order chi connectivity index (χ0) is 15.3. The van der Waals surface area contributed by atoms with Gasteiger partial charge in [0.25, 0.3) is 0 Å². The maximum absolute atomic E-state index is 11.2. The number of carbonyl (C=O) groups excluding carboxylic acids is 1. The van der Waals surface area contributed by atoms with Crippen LogP contribution in [-0.2, 0) is 20.9 Å². The maximum Gasteiger partial charge on any atom is 0.302 e. The number of nitrogens with two attached hydrogens (primary N) is 1. The first-order valence-electron chi connectivity index (χ1n) is 7.64. The first-order chi connectivity index (χ1) is 10.0. The van der Waals surface area contributed by atoms with Crippen LogP contribution in [0.4, 0.5) is 0 Å². The molecule has 0 aliphatic heterocycles. The van der Waals surface area contributed by atoms with Crippen LogP contribution in [0.5, 0.6) is 0 Å². The second kappa shape index (κ2) is 7.05. The van der Waals surface area contributed by atoms with Gasteiger partial charge in [0.1, 0.15) is 6.10 Å². The molecule has 1 fully saturated rings. The van der Waals surface area contributed by atoms with Crippen LogP contribution in [0.25, 0.3) is 0 Å². The number of rotatable bonds is 5. The smallest absolute Gasteiger partial charge is 0.302 e. The summed E-state index contributed by atoms with van der Waals surface area (Å²) in [6.45, 7) is 3.82. The number of benzene rings is 1. The molecular formula is C17H25NO3. The Bertz CT molecular complexity index is 462. The fourth-order valence-corrected chi connectivity index (χ4v) is 3.02. The molecule has 21 heavy (non-hydrogen) atoms. The Morgan fingerprint density at radius 3 is 2.76 bits per heavy atom. The van der Waals surface area contributed by atoms with Crippen LogP contribution < -0.4 is 5.73 Å². The van der Waals surface area contributed by atoms with Gasteiger partial charge in [-0.3, -0.25) is 4.79 Å². The molecule has 0 radical (unpaired) electrons. The van der Waals surface area contributed by atoms with Gasteiger partial charge in [0.05, 0.1) is 18.2 Å². The predicted octanol–water partition coefficient (Wildman–Crippen LogP) is 2.79. The van der Waals surface area contributed by atoms with Crippen molar-refractivity contribution in [3.05, 3.63) is 35.9 Å². The molecule has 3 atom stereocenters. The lowest BCUT2D eigenvalue weighted by molar-refractivity contribution is -0.156. The number of hydrogen-bond donors (Lipinski definition) is 1. The molecule has 0 saturated heterocycles. The average molecular weight is 291 g/mol. The van der Waals surface area contributed by atoms with E-state index in [-0.39, 0.29) is 18.2 Å². The van der Waals surface area contributed by atoms with Gasteiger partial charge in [0.15, 0.2) is 0 Å². The normalized spacial score (nSPS) is 27.1. The Hall–Kier alpha value is -1.39. The summed E-state index contributed by atoms with van der Waals surface area (Å²) in [5.74, 6) is -0.292. The van der Waals surface area contributed by atoms with Crippen LogP contribution in [0.1, 0.15) is 45.1 Å². The van der Waals surface area contributed by atoms with Crippen molar-refractivity contribution in [2.75, 3.05) is 0 Å². The lowest BCUT2D eigenvalue weighted by Gasteiger charge is -2.44. The standard InChI is InChI=1S/C17H25NO3/c1-13(21-14(2)19)17(18)11-7-6-10-16(17)20-12-15-8-4-3-5-9-15/h3-5,8-9,13,16H,6-7,10-12,18H2,1-2H3. The van der Waals surface area contributed by atoms with Gasteiger partial charge in [-0.2, -0.15) is 0 Å². The summed E-state index contributed by atoms with van der Waals surface area (Å²) in [6, 6.07) is 10.1. The van der Waals surface area contributed by atoms with E-state index in [2.05, 4.69) is 0 Å². The van der Waals surface area contributed by atoms with Crippen molar-refractivity contribution in [2.45, 2.75) is 63.9 Å². The van der Waals surface area contributed by atoms with Gasteiger partial charge in [-0.15, -0.1) is 0 Å². The summed E-state index contributed by atoms with van der Waals surface area (Å²) in [5.41, 5.74) is 7.09. The van der Waals surface area contributed by atoms with E-state index >= 15 is 0 Å². The monoisotopic (exact) mass is 291 g/mol. The van der Waals surface area contributed by atoms with E-state index in [0.29, 0.717) is 6.61 Å². The van der Waals surface area contributed by atoms with E-state index in [1.54, 1.807) is 0 Å². The minimum absolute atomic E-state index is 0.0826. The fraction of sp³-hybridized carbons (Fsp3) is 0.588. The van der Waals surface area contributed by atoms with Crippen LogP contribution >= 0.6 is 0 Å². The highest BCUT2D eigenvalue weighted by Gasteiger charge is 2.44. The van der Waals surface area contributed by atoms with Crippen molar-refractivity contribution in [3.8, 4) is 0 Å². The van der Waals surface area contributed by atoms with Crippen LogP contribution in [0.2, 0.25) is 0 Å². The Kier molecular flexibility index (Phi) is 5.37. The molecule has 1 aromatic carbocycles. The lowest BCUT2D eigenvalue weighted by atomic mass is 9.76. The molecule has 0 heterocycles. The third kappa shape index (κ3) is 4.05. The Morgan fingerprint density at radius 2 is 2.10 bits per heavy atom. The van der Waals surface area contributed by atoms with Gasteiger partial charge in [-0.1, -0.05) is 43.2 Å². The molecule has 4 heteroatoms. The first-order valence-corrected chi connectivity index (χ1v) is 7.64. The molecule has 1 aliphatic rings. The summed E-state index contributed by atoms with van der Waals surface area (Å²) in [5, 5.41) is 0. The second-order valence-corrected chi connectivity index (χ2v) is 5.90. The average Bonchev–Trinajstić information content (AvgIpc) is 2.47. The molecule has 116 valence electrons. The van der Waals surface area contributed by atoms with Crippen molar-refractivity contribution in [2.24, 2.45) is 5.73 Å². The molecule has 1 aromatic rings. The molecule has 0 spiro atoms. The van der Waals surface area contributed by atoms with Crippen LogP contribution in [0.3, 0.4) is 0 Å². The minimum Gasteiger partial charge on any atom is -0.461 e. The van der Waals surface area contributed by atoms with Crippen molar-refractivity contribution >= 4 is 5.97 Å². The van der Waals surface area contributed by atoms with Crippen molar-refractivity contribution in [1.29, 1.82) is 0 Å².